The van der Waals surface area contributed by atoms with Crippen molar-refractivity contribution in [3.05, 3.63) is 59.2 Å². The number of anilines is 1. The maximum absolute atomic E-state index is 12.4. The minimum atomic E-state index is -0.421. The van der Waals surface area contributed by atoms with Crippen LogP contribution >= 0.6 is 0 Å². The summed E-state index contributed by atoms with van der Waals surface area (Å²) in [4.78, 5) is 38.4. The second kappa shape index (κ2) is 8.77. The Balaban J connectivity index is 1.60. The van der Waals surface area contributed by atoms with Crippen LogP contribution in [0.1, 0.15) is 53.5 Å². The number of rotatable bonds is 5. The lowest BCUT2D eigenvalue weighted by Gasteiger charge is -2.16. The Labute approximate surface area is 170 Å². The number of hydrogen-bond acceptors (Lipinski definition) is 4. The van der Waals surface area contributed by atoms with E-state index < -0.39 is 11.8 Å². The predicted octanol–water partition coefficient (Wildman–Crippen LogP) is 2.85. The quantitative estimate of drug-likeness (QED) is 0.762. The van der Waals surface area contributed by atoms with Crippen molar-refractivity contribution in [3.63, 3.8) is 0 Å². The normalized spacial score (nSPS) is 12.5. The van der Waals surface area contributed by atoms with Crippen LogP contribution in [0.5, 0.6) is 5.75 Å². The van der Waals surface area contributed by atoms with E-state index in [1.807, 2.05) is 20.8 Å². The summed E-state index contributed by atoms with van der Waals surface area (Å²) in [5, 5.41) is 0. The first-order chi connectivity index (χ1) is 13.9. The molecule has 0 unspecified atom stereocenters. The molecule has 0 bridgehead atoms. The Kier molecular flexibility index (Phi) is 6.16. The van der Waals surface area contributed by atoms with Gasteiger partial charge in [0.1, 0.15) is 5.75 Å². The smallest absolute Gasteiger partial charge is 0.269 e. The fraction of sp³-hybridized carbons (Fsp3) is 0.318. The molecule has 0 atom stereocenters. The summed E-state index contributed by atoms with van der Waals surface area (Å²) >= 11 is 0. The highest BCUT2D eigenvalue weighted by atomic mass is 16.5. The Hall–Kier alpha value is -3.35. The largest absolute Gasteiger partial charge is 0.491 e. The van der Waals surface area contributed by atoms with Gasteiger partial charge in [0, 0.05) is 29.8 Å². The lowest BCUT2D eigenvalue weighted by molar-refractivity contribution is -0.118. The summed E-state index contributed by atoms with van der Waals surface area (Å²) in [5.74, 6) is -0.0937. The van der Waals surface area contributed by atoms with Gasteiger partial charge in [-0.3, -0.25) is 25.2 Å². The van der Waals surface area contributed by atoms with Gasteiger partial charge >= 0.3 is 0 Å². The van der Waals surface area contributed by atoms with E-state index in [2.05, 4.69) is 10.9 Å². The summed E-state index contributed by atoms with van der Waals surface area (Å²) in [5.41, 5.74) is 7.48. The SMILES string of the molecule is CCC(=O)N1CCc2cc(C(=O)NNC(=O)c3ccc(OC(C)C)cc3)ccc21. The number of nitrogens with one attached hydrogen (secondary N) is 2. The van der Waals surface area contributed by atoms with Gasteiger partial charge in [-0.1, -0.05) is 6.92 Å². The molecule has 1 aliphatic heterocycles. The minimum Gasteiger partial charge on any atom is -0.491 e. The first-order valence-corrected chi connectivity index (χ1v) is 9.69. The van der Waals surface area contributed by atoms with E-state index in [-0.39, 0.29) is 12.0 Å². The van der Waals surface area contributed by atoms with Gasteiger partial charge in [0.15, 0.2) is 0 Å². The molecular formula is C22H25N3O4. The molecule has 7 nitrogen and oxygen atoms in total. The Bertz CT molecular complexity index is 922. The summed E-state index contributed by atoms with van der Waals surface area (Å²) in [6.07, 6.45) is 1.20. The highest BCUT2D eigenvalue weighted by Gasteiger charge is 2.24. The van der Waals surface area contributed by atoms with Crippen LogP contribution in [0.4, 0.5) is 5.69 Å². The standard InChI is InChI=1S/C22H25N3O4/c1-4-20(26)25-12-11-16-13-17(7-10-19(16)25)22(28)24-23-21(27)15-5-8-18(9-6-15)29-14(2)3/h5-10,13-14H,4,11-12H2,1-3H3,(H,23,27)(H,24,28). The van der Waals surface area contributed by atoms with Crippen LogP contribution < -0.4 is 20.5 Å². The average molecular weight is 395 g/mol. The zero-order valence-electron chi connectivity index (χ0n) is 16.8. The maximum atomic E-state index is 12.4. The maximum Gasteiger partial charge on any atom is 0.269 e. The number of fused-ring (bicyclic) bond motifs is 1. The lowest BCUT2D eigenvalue weighted by atomic mass is 10.1. The predicted molar refractivity (Wildman–Crippen MR) is 110 cm³/mol. The monoisotopic (exact) mass is 395 g/mol. The van der Waals surface area contributed by atoms with Crippen LogP contribution in [0, 0.1) is 0 Å². The molecule has 3 rings (SSSR count). The molecule has 0 saturated carbocycles. The van der Waals surface area contributed by atoms with Crippen molar-refractivity contribution < 1.29 is 19.1 Å². The van der Waals surface area contributed by atoms with E-state index in [4.69, 9.17) is 4.74 Å². The van der Waals surface area contributed by atoms with Crippen LogP contribution in [0.3, 0.4) is 0 Å². The van der Waals surface area contributed by atoms with Crippen molar-refractivity contribution in [3.8, 4) is 5.75 Å². The van der Waals surface area contributed by atoms with E-state index in [9.17, 15) is 14.4 Å². The van der Waals surface area contributed by atoms with E-state index in [0.717, 1.165) is 11.3 Å². The number of nitrogens with zero attached hydrogens (tertiary/aromatic N) is 1. The van der Waals surface area contributed by atoms with Crippen LogP contribution in [0.15, 0.2) is 42.5 Å². The number of benzene rings is 2. The molecular weight excluding hydrogens is 370 g/mol. The number of hydrogen-bond donors (Lipinski definition) is 2. The van der Waals surface area contributed by atoms with Gasteiger partial charge in [-0.25, -0.2) is 0 Å². The molecule has 152 valence electrons. The van der Waals surface area contributed by atoms with Gasteiger partial charge in [0.25, 0.3) is 11.8 Å². The van der Waals surface area contributed by atoms with E-state index in [1.165, 1.54) is 0 Å². The fourth-order valence-electron chi connectivity index (χ4n) is 3.21. The first kappa shape index (κ1) is 20.4. The topological polar surface area (TPSA) is 87.7 Å². The van der Waals surface area contributed by atoms with Crippen molar-refractivity contribution in [2.75, 3.05) is 11.4 Å². The summed E-state index contributed by atoms with van der Waals surface area (Å²) in [6, 6.07) is 11.9. The zero-order valence-corrected chi connectivity index (χ0v) is 16.8. The molecule has 0 aromatic heterocycles. The molecule has 0 saturated heterocycles. The van der Waals surface area contributed by atoms with Gasteiger partial charge in [0.2, 0.25) is 5.91 Å². The molecule has 1 aliphatic rings. The highest BCUT2D eigenvalue weighted by Crippen LogP contribution is 2.29. The average Bonchev–Trinajstić information content (AvgIpc) is 3.14. The van der Waals surface area contributed by atoms with Crippen LogP contribution in [0.25, 0.3) is 0 Å². The molecule has 3 amide bonds. The van der Waals surface area contributed by atoms with Crippen molar-refractivity contribution in [2.45, 2.75) is 39.7 Å². The van der Waals surface area contributed by atoms with Crippen molar-refractivity contribution in [1.82, 2.24) is 10.9 Å². The summed E-state index contributed by atoms with van der Waals surface area (Å²) in [6.45, 7) is 6.30. The third kappa shape index (κ3) is 4.74. The molecule has 2 aromatic carbocycles. The second-order valence-electron chi connectivity index (χ2n) is 7.09. The molecule has 1 heterocycles. The van der Waals surface area contributed by atoms with Crippen molar-refractivity contribution >= 4 is 23.4 Å². The molecule has 7 heteroatoms. The van der Waals surface area contributed by atoms with Gasteiger partial charge in [0.05, 0.1) is 6.10 Å². The minimum absolute atomic E-state index is 0.0495. The van der Waals surface area contributed by atoms with Gasteiger partial charge < -0.3 is 9.64 Å². The van der Waals surface area contributed by atoms with Crippen LogP contribution in [0.2, 0.25) is 0 Å². The number of carbonyl (C=O) groups excluding carboxylic acids is 3. The number of ether oxygens (including phenoxy) is 1. The van der Waals surface area contributed by atoms with Gasteiger partial charge in [-0.2, -0.15) is 0 Å². The molecule has 29 heavy (non-hydrogen) atoms. The molecule has 0 spiro atoms. The molecule has 0 radical (unpaired) electrons. The molecule has 2 aromatic rings. The summed E-state index contributed by atoms with van der Waals surface area (Å²) < 4.78 is 5.54. The lowest BCUT2D eigenvalue weighted by Crippen LogP contribution is -2.41. The summed E-state index contributed by atoms with van der Waals surface area (Å²) in [7, 11) is 0. The number of carbonyl (C=O) groups is 3. The molecule has 2 N–H and O–H groups in total. The van der Waals surface area contributed by atoms with Crippen molar-refractivity contribution in [1.29, 1.82) is 0 Å². The van der Waals surface area contributed by atoms with E-state index >= 15 is 0 Å². The number of hydrazine groups is 1. The van der Waals surface area contributed by atoms with Crippen LogP contribution in [-0.4, -0.2) is 30.4 Å². The second-order valence-corrected chi connectivity index (χ2v) is 7.09. The Morgan fingerprint density at radius 3 is 2.24 bits per heavy atom. The Morgan fingerprint density at radius 1 is 1.00 bits per heavy atom. The van der Waals surface area contributed by atoms with Gasteiger partial charge in [-0.05, 0) is 68.3 Å². The first-order valence-electron chi connectivity index (χ1n) is 9.69. The molecule has 0 fully saturated rings. The number of amides is 3. The molecule has 0 aliphatic carbocycles. The third-order valence-electron chi connectivity index (χ3n) is 4.62. The van der Waals surface area contributed by atoms with Crippen molar-refractivity contribution in [2.24, 2.45) is 0 Å². The Morgan fingerprint density at radius 2 is 1.62 bits per heavy atom. The van der Waals surface area contributed by atoms with Gasteiger partial charge in [-0.15, -0.1) is 0 Å². The van der Waals surface area contributed by atoms with E-state index in [0.29, 0.717) is 36.3 Å². The van der Waals surface area contributed by atoms with Crippen LogP contribution in [-0.2, 0) is 11.2 Å². The van der Waals surface area contributed by atoms with E-state index in [1.54, 1.807) is 47.4 Å². The fourth-order valence-corrected chi connectivity index (χ4v) is 3.21. The third-order valence-corrected chi connectivity index (χ3v) is 4.62. The zero-order chi connectivity index (χ0) is 21.0. The highest BCUT2D eigenvalue weighted by molar-refractivity contribution is 6.00.